The molecular formula is C45H56Cl4N9O8PS3. The van der Waals surface area contributed by atoms with Gasteiger partial charge in [0.15, 0.2) is 15.2 Å². The molecule has 7 rings (SSSR count). The first-order valence-electron chi connectivity index (χ1n) is 21.5. The minimum absolute atomic E-state index is 0.0875. The number of hydrogen-bond donors (Lipinski definition) is 4. The highest BCUT2D eigenvalue weighted by atomic mass is 35.5. The van der Waals surface area contributed by atoms with E-state index in [9.17, 15) is 20.0 Å². The third-order valence-electron chi connectivity index (χ3n) is 10.6. The summed E-state index contributed by atoms with van der Waals surface area (Å²) in [6.07, 6.45) is 7.77. The van der Waals surface area contributed by atoms with Gasteiger partial charge in [-0.1, -0.05) is 90.6 Å². The van der Waals surface area contributed by atoms with Crippen molar-refractivity contribution < 1.29 is 33.2 Å². The van der Waals surface area contributed by atoms with Crippen LogP contribution in [0.15, 0.2) is 101 Å². The zero-order valence-corrected chi connectivity index (χ0v) is 45.8. The Hall–Kier alpha value is -4.05. The third kappa shape index (κ3) is 18.5. The molecule has 5 aromatic rings. The van der Waals surface area contributed by atoms with Crippen molar-refractivity contribution in [3.05, 3.63) is 142 Å². The Balaban J connectivity index is 0.000000207. The summed E-state index contributed by atoms with van der Waals surface area (Å²) in [6, 6.07) is 20.8. The number of thioether (sulfide) groups is 1. The maximum atomic E-state index is 11.9. The van der Waals surface area contributed by atoms with E-state index in [0.717, 1.165) is 46.2 Å². The number of aryl methyl sites for hydroxylation is 1. The number of amides is 1. The van der Waals surface area contributed by atoms with Crippen LogP contribution in [0.25, 0.3) is 0 Å². The number of carbonyl (C=O) groups excluding carboxylic acids is 1. The summed E-state index contributed by atoms with van der Waals surface area (Å²) in [5.74, 6) is 2.78. The first kappa shape index (κ1) is 58.5. The molecule has 1 saturated carbocycles. The quantitative estimate of drug-likeness (QED) is 0.0268. The molecule has 4 N–H and O–H groups in total. The predicted octanol–water partition coefficient (Wildman–Crippen LogP) is 11.1. The number of aromatic nitrogens is 4. The monoisotopic (exact) mass is 1120 g/mol. The number of ether oxygens (including phenoxy) is 1. The van der Waals surface area contributed by atoms with Gasteiger partial charge in [-0.15, -0.1) is 23.1 Å². The first-order chi connectivity index (χ1) is 33.3. The van der Waals surface area contributed by atoms with Crippen molar-refractivity contribution in [2.24, 2.45) is 22.9 Å². The highest BCUT2D eigenvalue weighted by molar-refractivity contribution is 8.07. The Morgan fingerprint density at radius 2 is 1.76 bits per heavy atom. The van der Waals surface area contributed by atoms with Crippen molar-refractivity contribution in [3.63, 3.8) is 0 Å². The SMILES string of the molecule is CC(C)C1CCC(Cc2ccc(Cl)cc2)C1(O)Cn1cncn1.CC1=C(C(=O)Nc2ccccc2)SCCO1.CN/C(=N\[N+](=O)[O-])NCc1cnc(Cl)s1.COP(=S)(OC)Oc1c(Cl)cc(C)cc1Cl. The molecule has 3 unspecified atom stereocenters. The number of nitro groups is 1. The molecule has 3 heterocycles. The maximum Gasteiger partial charge on any atom is 0.380 e. The molecule has 0 bridgehead atoms. The van der Waals surface area contributed by atoms with E-state index >= 15 is 0 Å². The molecule has 0 saturated heterocycles. The van der Waals surface area contributed by atoms with E-state index in [4.69, 9.17) is 76.5 Å². The number of para-hydroxylation sites is 1. The summed E-state index contributed by atoms with van der Waals surface area (Å²) in [5, 5.41) is 37.8. The normalized spacial score (nSPS) is 17.7. The molecule has 2 aromatic heterocycles. The van der Waals surface area contributed by atoms with E-state index < -0.39 is 17.4 Å². The van der Waals surface area contributed by atoms with E-state index in [0.29, 0.717) is 56.5 Å². The van der Waals surface area contributed by atoms with Crippen molar-refractivity contribution >= 4 is 106 Å². The predicted molar refractivity (Wildman–Crippen MR) is 285 cm³/mol. The number of guanidine groups is 1. The van der Waals surface area contributed by atoms with Crippen LogP contribution in [0.3, 0.4) is 0 Å². The Morgan fingerprint density at radius 1 is 1.09 bits per heavy atom. The molecule has 0 radical (unpaired) electrons. The van der Waals surface area contributed by atoms with Gasteiger partial charge < -0.3 is 39.4 Å². The molecule has 3 atom stereocenters. The van der Waals surface area contributed by atoms with Crippen molar-refractivity contribution in [2.45, 2.75) is 65.6 Å². The second kappa shape index (κ2) is 28.9. The van der Waals surface area contributed by atoms with E-state index in [2.05, 4.69) is 62.1 Å². The third-order valence-corrected chi connectivity index (χ3v) is 16.1. The summed E-state index contributed by atoms with van der Waals surface area (Å²) < 4.78 is 23.0. The second-order valence-electron chi connectivity index (χ2n) is 15.8. The van der Waals surface area contributed by atoms with Crippen LogP contribution in [-0.4, -0.2) is 81.0 Å². The fourth-order valence-electron chi connectivity index (χ4n) is 7.36. The van der Waals surface area contributed by atoms with Gasteiger partial charge in [0.2, 0.25) is 0 Å². The topological polar surface area (TPSA) is 209 Å². The minimum atomic E-state index is -2.81. The van der Waals surface area contributed by atoms with Crippen LogP contribution in [0.5, 0.6) is 5.75 Å². The minimum Gasteiger partial charge on any atom is -0.496 e. The van der Waals surface area contributed by atoms with Gasteiger partial charge in [0.1, 0.15) is 28.4 Å². The Labute approximate surface area is 441 Å². The van der Waals surface area contributed by atoms with Crippen LogP contribution in [-0.2, 0) is 49.9 Å². The molecule has 25 heteroatoms. The van der Waals surface area contributed by atoms with Crippen LogP contribution in [0.1, 0.15) is 49.6 Å². The highest BCUT2D eigenvalue weighted by Crippen LogP contribution is 2.52. The summed E-state index contributed by atoms with van der Waals surface area (Å²) in [5.41, 5.74) is 2.21. The lowest BCUT2D eigenvalue weighted by atomic mass is 9.76. The number of rotatable bonds is 14. The molecule has 3 aromatic carbocycles. The van der Waals surface area contributed by atoms with E-state index in [-0.39, 0.29) is 23.7 Å². The number of allylic oxidation sites excluding steroid dienone is 1. The van der Waals surface area contributed by atoms with Crippen LogP contribution >= 0.6 is 76.2 Å². The van der Waals surface area contributed by atoms with Crippen LogP contribution in [0.4, 0.5) is 5.69 Å². The number of carbonyl (C=O) groups is 1. The van der Waals surface area contributed by atoms with Crippen molar-refractivity contribution in [2.75, 3.05) is 38.9 Å². The molecule has 380 valence electrons. The highest BCUT2D eigenvalue weighted by Gasteiger charge is 2.50. The average molecular weight is 1120 g/mol. The smallest absolute Gasteiger partial charge is 0.380 e. The summed E-state index contributed by atoms with van der Waals surface area (Å²) in [4.78, 5) is 31.4. The number of benzene rings is 3. The molecule has 1 aliphatic carbocycles. The van der Waals surface area contributed by atoms with Gasteiger partial charge in [0.25, 0.3) is 11.9 Å². The standard InChI is InChI=1S/C18H24ClN3O.C12H13NO2S.C9H11Cl2O3PS.C6H8ClN5O2S/c1-13(2)17-8-5-15(9-14-3-6-16(19)7-4-14)18(17,23)10-22-12-20-11-21-22;1-9-11(16-8-7-15-9)12(14)13-10-5-3-2-4-6-10;1-6-4-7(10)9(8(11)5-6)14-15(16,12-2)13-3;1-8-6(11-12(13)14)10-3-4-2-9-5(7)15-4/h3-4,6-7,11-13,15,17,23H,5,8-10H2,1-2H3;2-6H,7-8H2,1H3,(H,13,14);4-5H,1-3H3;2H,3H2,1H3,(H2,8,10,11). The largest absolute Gasteiger partial charge is 0.496 e. The zero-order chi connectivity index (χ0) is 51.4. The lowest BCUT2D eigenvalue weighted by Gasteiger charge is -2.37. The Bertz CT molecular complexity index is 2530. The first-order valence-corrected chi connectivity index (χ1v) is 27.4. The molecule has 70 heavy (non-hydrogen) atoms. The summed E-state index contributed by atoms with van der Waals surface area (Å²) in [6.45, 7) is 6.86. The molecule has 17 nitrogen and oxygen atoms in total. The van der Waals surface area contributed by atoms with Gasteiger partial charge in [0.05, 0.1) is 35.3 Å². The van der Waals surface area contributed by atoms with E-state index in [1.165, 1.54) is 44.5 Å². The van der Waals surface area contributed by atoms with Gasteiger partial charge in [-0.3, -0.25) is 9.48 Å². The molecule has 2 aliphatic rings. The van der Waals surface area contributed by atoms with E-state index in [1.54, 1.807) is 41.1 Å². The lowest BCUT2D eigenvalue weighted by molar-refractivity contribution is -0.485. The maximum absolute atomic E-state index is 11.9. The fraction of sp³-hybridized carbons (Fsp3) is 0.400. The Kier molecular flexibility index (Phi) is 24.1. The number of anilines is 1. The van der Waals surface area contributed by atoms with Gasteiger partial charge >= 0.3 is 6.72 Å². The average Bonchev–Trinajstić information content (AvgIpc) is 4.08. The second-order valence-corrected chi connectivity index (χ2v) is 23.0. The zero-order valence-electron chi connectivity index (χ0n) is 39.4. The summed E-state index contributed by atoms with van der Waals surface area (Å²) >= 11 is 31.5. The van der Waals surface area contributed by atoms with Crippen LogP contribution in [0.2, 0.25) is 19.5 Å². The number of nitrogens with one attached hydrogen (secondary N) is 3. The van der Waals surface area contributed by atoms with Crippen molar-refractivity contribution in [3.8, 4) is 5.75 Å². The number of nitrogens with zero attached hydrogens (tertiary/aromatic N) is 6. The molecular weight excluding hydrogens is 1060 g/mol. The molecule has 1 aliphatic heterocycles. The van der Waals surface area contributed by atoms with Crippen LogP contribution in [0, 0.1) is 34.8 Å². The van der Waals surface area contributed by atoms with Gasteiger partial charge in [-0.25, -0.2) is 20.1 Å². The summed E-state index contributed by atoms with van der Waals surface area (Å²) in [7, 11) is 4.37. The number of halogens is 4. The number of hydrazone groups is 1. The number of hydrogen-bond acceptors (Lipinski definition) is 14. The van der Waals surface area contributed by atoms with Gasteiger partial charge in [0, 0.05) is 60.6 Å². The molecule has 0 spiro atoms. The molecule has 1 amide bonds. The van der Waals surface area contributed by atoms with Crippen LogP contribution < -0.4 is 20.5 Å². The van der Waals surface area contributed by atoms with E-state index in [1.807, 2.05) is 56.3 Å². The number of aliphatic hydroxyl groups is 1. The Morgan fingerprint density at radius 3 is 2.30 bits per heavy atom. The van der Waals surface area contributed by atoms with Gasteiger partial charge in [-0.05, 0) is 98.4 Å². The fourth-order valence-corrected chi connectivity index (χ4v) is 10.9. The van der Waals surface area contributed by atoms with Crippen molar-refractivity contribution in [1.29, 1.82) is 0 Å². The lowest BCUT2D eigenvalue weighted by Crippen LogP contribution is -2.46. The number of thiazole rings is 1. The van der Waals surface area contributed by atoms with Crippen molar-refractivity contribution in [1.82, 2.24) is 30.4 Å². The van der Waals surface area contributed by atoms with Gasteiger partial charge in [-0.2, -0.15) is 5.10 Å². The molecule has 1 fully saturated rings.